The van der Waals surface area contributed by atoms with E-state index in [2.05, 4.69) is 15.6 Å². The first-order valence-electron chi connectivity index (χ1n) is 5.77. The molecule has 3 rings (SSSR count). The number of hydrogen-bond donors (Lipinski definition) is 2. The highest BCUT2D eigenvalue weighted by Crippen LogP contribution is 2.21. The third-order valence-electron chi connectivity index (χ3n) is 2.62. The van der Waals surface area contributed by atoms with Gasteiger partial charge in [-0.25, -0.2) is 9.78 Å². The van der Waals surface area contributed by atoms with Crippen molar-refractivity contribution in [1.82, 2.24) is 4.98 Å². The number of hydrogen-bond acceptors (Lipinski definition) is 3. The molecule has 0 atom stereocenters. The van der Waals surface area contributed by atoms with E-state index in [-0.39, 0.29) is 6.03 Å². The average Bonchev–Trinajstić information content (AvgIpc) is 2.87. The van der Waals surface area contributed by atoms with Crippen molar-refractivity contribution in [2.75, 3.05) is 10.6 Å². The Bertz CT molecular complexity index is 709. The zero-order valence-electron chi connectivity index (χ0n) is 9.96. The number of urea groups is 1. The second kappa shape index (κ2) is 5.07. The van der Waals surface area contributed by atoms with E-state index in [4.69, 9.17) is 0 Å². The molecular formula is C14H11N3OS. The van der Waals surface area contributed by atoms with Crippen molar-refractivity contribution in [2.24, 2.45) is 0 Å². The fourth-order valence-electron chi connectivity index (χ4n) is 1.75. The molecule has 19 heavy (non-hydrogen) atoms. The number of benzene rings is 2. The van der Waals surface area contributed by atoms with Crippen molar-refractivity contribution in [3.8, 4) is 0 Å². The number of aromatic nitrogens is 1. The number of nitrogens with zero attached hydrogens (tertiary/aromatic N) is 1. The van der Waals surface area contributed by atoms with Gasteiger partial charge in [-0.1, -0.05) is 18.2 Å². The molecular weight excluding hydrogens is 258 g/mol. The molecule has 5 heteroatoms. The Morgan fingerprint density at radius 3 is 2.63 bits per heavy atom. The maximum Gasteiger partial charge on any atom is 0.323 e. The Kier molecular flexibility index (Phi) is 3.12. The molecule has 1 aromatic heterocycles. The van der Waals surface area contributed by atoms with Crippen molar-refractivity contribution in [1.29, 1.82) is 0 Å². The first-order chi connectivity index (χ1) is 9.31. The summed E-state index contributed by atoms with van der Waals surface area (Å²) in [6.07, 6.45) is 0. The first-order valence-corrected chi connectivity index (χ1v) is 6.65. The average molecular weight is 269 g/mol. The second-order valence-electron chi connectivity index (χ2n) is 3.98. The van der Waals surface area contributed by atoms with Gasteiger partial charge < -0.3 is 10.6 Å². The summed E-state index contributed by atoms with van der Waals surface area (Å²) in [5, 5.41) is 5.57. The number of thiazole rings is 1. The normalized spacial score (nSPS) is 10.3. The van der Waals surface area contributed by atoms with E-state index >= 15 is 0 Å². The summed E-state index contributed by atoms with van der Waals surface area (Å²) in [6, 6.07) is 14.7. The third-order valence-corrected chi connectivity index (χ3v) is 3.41. The van der Waals surface area contributed by atoms with Crippen LogP contribution in [0.3, 0.4) is 0 Å². The predicted molar refractivity (Wildman–Crippen MR) is 78.7 cm³/mol. The molecule has 0 unspecified atom stereocenters. The second-order valence-corrected chi connectivity index (χ2v) is 4.87. The Morgan fingerprint density at radius 2 is 1.79 bits per heavy atom. The summed E-state index contributed by atoms with van der Waals surface area (Å²) in [5.41, 5.74) is 4.25. The lowest BCUT2D eigenvalue weighted by molar-refractivity contribution is 0.262. The monoisotopic (exact) mass is 269 g/mol. The lowest BCUT2D eigenvalue weighted by atomic mass is 10.3. The van der Waals surface area contributed by atoms with Gasteiger partial charge in [-0.05, 0) is 30.3 Å². The Morgan fingerprint density at radius 1 is 1.00 bits per heavy atom. The van der Waals surface area contributed by atoms with E-state index in [9.17, 15) is 4.79 Å². The maximum absolute atomic E-state index is 11.8. The zero-order valence-corrected chi connectivity index (χ0v) is 10.8. The van der Waals surface area contributed by atoms with Gasteiger partial charge in [0.2, 0.25) is 0 Å². The van der Waals surface area contributed by atoms with Gasteiger partial charge in [0.05, 0.1) is 15.7 Å². The van der Waals surface area contributed by atoms with Crippen LogP contribution in [0.1, 0.15) is 0 Å². The largest absolute Gasteiger partial charge is 0.323 e. The van der Waals surface area contributed by atoms with Crippen molar-refractivity contribution in [3.63, 3.8) is 0 Å². The molecule has 4 nitrogen and oxygen atoms in total. The fourth-order valence-corrected chi connectivity index (χ4v) is 2.46. The summed E-state index contributed by atoms with van der Waals surface area (Å²) >= 11 is 1.55. The molecule has 0 aliphatic carbocycles. The number of amides is 2. The standard InChI is InChI=1S/C14H11N3OS/c18-14(16-10-4-2-1-3-5-10)17-11-6-7-12-13(8-11)19-9-15-12/h1-9H,(H2,16,17,18). The number of nitrogens with one attached hydrogen (secondary N) is 2. The van der Waals surface area contributed by atoms with E-state index < -0.39 is 0 Å². The van der Waals surface area contributed by atoms with Crippen LogP contribution in [0, 0.1) is 0 Å². The summed E-state index contributed by atoms with van der Waals surface area (Å²) in [5.74, 6) is 0. The van der Waals surface area contributed by atoms with Gasteiger partial charge in [0.15, 0.2) is 0 Å². The SMILES string of the molecule is O=C(Nc1ccccc1)Nc1ccc2ncsc2c1. The van der Waals surface area contributed by atoms with Crippen LogP contribution in [-0.4, -0.2) is 11.0 Å². The molecule has 94 valence electrons. The van der Waals surface area contributed by atoms with E-state index in [0.29, 0.717) is 0 Å². The minimum Gasteiger partial charge on any atom is -0.308 e. The summed E-state index contributed by atoms with van der Waals surface area (Å²) < 4.78 is 1.05. The molecule has 2 N–H and O–H groups in total. The summed E-state index contributed by atoms with van der Waals surface area (Å²) in [4.78, 5) is 16.0. The quantitative estimate of drug-likeness (QED) is 0.740. The number of anilines is 2. The number of rotatable bonds is 2. The van der Waals surface area contributed by atoms with Crippen LogP contribution in [0.5, 0.6) is 0 Å². The maximum atomic E-state index is 11.8. The number of para-hydroxylation sites is 1. The van der Waals surface area contributed by atoms with E-state index in [1.54, 1.807) is 16.8 Å². The van der Waals surface area contributed by atoms with Gasteiger partial charge in [0, 0.05) is 11.4 Å². The lowest BCUT2D eigenvalue weighted by Gasteiger charge is -2.07. The van der Waals surface area contributed by atoms with Crippen LogP contribution in [0.25, 0.3) is 10.2 Å². The Balaban J connectivity index is 1.72. The Hall–Kier alpha value is -2.40. The number of carbonyl (C=O) groups is 1. The van der Waals surface area contributed by atoms with E-state index in [1.165, 1.54) is 0 Å². The van der Waals surface area contributed by atoms with Gasteiger partial charge in [-0.2, -0.15) is 0 Å². The molecule has 0 aliphatic rings. The van der Waals surface area contributed by atoms with Crippen LogP contribution in [-0.2, 0) is 0 Å². The van der Waals surface area contributed by atoms with Crippen molar-refractivity contribution in [2.45, 2.75) is 0 Å². The zero-order chi connectivity index (χ0) is 13.1. The molecule has 0 aliphatic heterocycles. The van der Waals surface area contributed by atoms with Gasteiger partial charge in [-0.3, -0.25) is 0 Å². The number of carbonyl (C=O) groups excluding carboxylic acids is 1. The number of fused-ring (bicyclic) bond motifs is 1. The lowest BCUT2D eigenvalue weighted by Crippen LogP contribution is -2.19. The topological polar surface area (TPSA) is 54.0 Å². The molecule has 2 amide bonds. The smallest absolute Gasteiger partial charge is 0.308 e. The van der Waals surface area contributed by atoms with Crippen molar-refractivity contribution in [3.05, 3.63) is 54.0 Å². The van der Waals surface area contributed by atoms with Gasteiger partial charge in [0.25, 0.3) is 0 Å². The van der Waals surface area contributed by atoms with Crippen LogP contribution in [0.15, 0.2) is 54.0 Å². The van der Waals surface area contributed by atoms with Gasteiger partial charge in [-0.15, -0.1) is 11.3 Å². The highest BCUT2D eigenvalue weighted by molar-refractivity contribution is 7.16. The molecule has 1 heterocycles. The predicted octanol–water partition coefficient (Wildman–Crippen LogP) is 3.94. The summed E-state index contributed by atoms with van der Waals surface area (Å²) in [6.45, 7) is 0. The fraction of sp³-hybridized carbons (Fsp3) is 0. The Labute approximate surface area is 114 Å². The first kappa shape index (κ1) is 11.7. The van der Waals surface area contributed by atoms with Crippen LogP contribution < -0.4 is 10.6 Å². The van der Waals surface area contributed by atoms with E-state index in [0.717, 1.165) is 21.6 Å². The van der Waals surface area contributed by atoms with E-state index in [1.807, 2.05) is 48.5 Å². The molecule has 0 bridgehead atoms. The van der Waals surface area contributed by atoms with Crippen molar-refractivity contribution >= 4 is 39.0 Å². The molecule has 0 fully saturated rings. The molecule has 0 spiro atoms. The highest BCUT2D eigenvalue weighted by Gasteiger charge is 2.04. The van der Waals surface area contributed by atoms with Crippen LogP contribution >= 0.6 is 11.3 Å². The summed E-state index contributed by atoms with van der Waals surface area (Å²) in [7, 11) is 0. The molecule has 3 aromatic rings. The minimum atomic E-state index is -0.255. The highest BCUT2D eigenvalue weighted by atomic mass is 32.1. The van der Waals surface area contributed by atoms with Crippen molar-refractivity contribution < 1.29 is 4.79 Å². The molecule has 0 saturated heterocycles. The molecule has 0 saturated carbocycles. The third kappa shape index (κ3) is 2.71. The molecule has 0 radical (unpaired) electrons. The van der Waals surface area contributed by atoms with Gasteiger partial charge >= 0.3 is 6.03 Å². The van der Waals surface area contributed by atoms with Crippen LogP contribution in [0.4, 0.5) is 16.2 Å². The van der Waals surface area contributed by atoms with Gasteiger partial charge in [0.1, 0.15) is 0 Å². The minimum absolute atomic E-state index is 0.255. The van der Waals surface area contributed by atoms with Crippen LogP contribution in [0.2, 0.25) is 0 Å². The molecule has 2 aromatic carbocycles.